The van der Waals surface area contributed by atoms with Crippen molar-refractivity contribution >= 4 is 34.2 Å². The second kappa shape index (κ2) is 12.0. The zero-order valence-corrected chi connectivity index (χ0v) is 27.1. The van der Waals surface area contributed by atoms with E-state index in [-0.39, 0.29) is 0 Å². The van der Waals surface area contributed by atoms with Gasteiger partial charge in [-0.25, -0.2) is 4.58 Å². The Kier molecular flexibility index (Phi) is 7.86. The lowest BCUT2D eigenvalue weighted by Crippen LogP contribution is -2.74. The molecule has 0 aromatic heterocycles. The quantitative estimate of drug-likeness (QED) is 0.155. The molecule has 1 nitrogen and oxygen atoms in total. The van der Waals surface area contributed by atoms with Gasteiger partial charge in [0.1, 0.15) is 12.7 Å². The molecule has 0 N–H and O–H groups in total. The van der Waals surface area contributed by atoms with Gasteiger partial charge in [-0.1, -0.05) is 160 Å². The maximum Gasteiger partial charge on any atom is 0.171 e. The van der Waals surface area contributed by atoms with Crippen LogP contribution in [0.15, 0.2) is 146 Å². The number of fused-ring (bicyclic) bond motifs is 3. The second-order valence-corrected chi connectivity index (χ2v) is 14.5. The average molecular weight is 588 g/mol. The van der Waals surface area contributed by atoms with Gasteiger partial charge in [0.05, 0.1) is 0 Å². The SMILES string of the molecule is CC1(C)[C@@H]2CC[C@@]1(C)[C@H]([N+]1=Cc3ccccc3CC1)C2.c1ccc([B-](c2ccccc2)(c2ccccc2)c2ccccc2)cc1. The van der Waals surface area contributed by atoms with E-state index in [9.17, 15) is 0 Å². The first-order valence-corrected chi connectivity index (χ1v) is 17.0. The minimum absolute atomic E-state index is 0.500. The van der Waals surface area contributed by atoms with Crippen LogP contribution in [-0.4, -0.2) is 29.5 Å². The molecule has 2 saturated carbocycles. The summed E-state index contributed by atoms with van der Waals surface area (Å²) in [5.74, 6) is 0.933. The first-order valence-electron chi connectivity index (χ1n) is 17.0. The van der Waals surface area contributed by atoms with Crippen LogP contribution in [0.4, 0.5) is 0 Å². The fourth-order valence-corrected chi connectivity index (χ4v) is 9.41. The van der Waals surface area contributed by atoms with Gasteiger partial charge >= 0.3 is 0 Å². The van der Waals surface area contributed by atoms with Crippen molar-refractivity contribution < 1.29 is 4.58 Å². The van der Waals surface area contributed by atoms with Crippen molar-refractivity contribution in [2.24, 2.45) is 16.7 Å². The Labute approximate surface area is 270 Å². The van der Waals surface area contributed by atoms with E-state index in [4.69, 9.17) is 0 Å². The Bertz CT molecular complexity index is 1600. The van der Waals surface area contributed by atoms with E-state index >= 15 is 0 Å². The Balaban J connectivity index is 0.000000148. The molecule has 5 aromatic carbocycles. The van der Waals surface area contributed by atoms with Gasteiger partial charge in [0.25, 0.3) is 0 Å². The average Bonchev–Trinajstić information content (AvgIpc) is 3.45. The molecule has 226 valence electrons. The van der Waals surface area contributed by atoms with Crippen molar-refractivity contribution in [1.82, 2.24) is 0 Å². The predicted octanol–water partition coefficient (Wildman–Crippen LogP) is 6.95. The molecule has 0 unspecified atom stereocenters. The summed E-state index contributed by atoms with van der Waals surface area (Å²) in [4.78, 5) is 0. The number of rotatable bonds is 5. The first-order chi connectivity index (χ1) is 21.9. The molecule has 1 heterocycles. The summed E-state index contributed by atoms with van der Waals surface area (Å²) in [7, 11) is 0. The smallest absolute Gasteiger partial charge is 0.171 e. The van der Waals surface area contributed by atoms with Crippen LogP contribution in [0.25, 0.3) is 0 Å². The minimum Gasteiger partial charge on any atom is -0.232 e. The zero-order valence-electron chi connectivity index (χ0n) is 27.1. The molecule has 2 fully saturated rings. The van der Waals surface area contributed by atoms with Crippen LogP contribution in [-0.2, 0) is 6.42 Å². The lowest BCUT2D eigenvalue weighted by Gasteiger charge is -2.44. The minimum atomic E-state index is -1.22. The van der Waals surface area contributed by atoms with Crippen molar-refractivity contribution in [2.75, 3.05) is 6.54 Å². The summed E-state index contributed by atoms with van der Waals surface area (Å²) in [6.45, 7) is 8.80. The lowest BCUT2D eigenvalue weighted by molar-refractivity contribution is -0.579. The normalized spacial score (nSPS) is 23.0. The van der Waals surface area contributed by atoms with Gasteiger partial charge in [0, 0.05) is 23.8 Å². The molecule has 0 saturated heterocycles. The number of hydrogen-bond donors (Lipinski definition) is 0. The Hall–Kier alpha value is -4.17. The monoisotopic (exact) mass is 587 g/mol. The molecule has 0 radical (unpaired) electrons. The van der Waals surface area contributed by atoms with E-state index in [1.807, 2.05) is 0 Å². The van der Waals surface area contributed by atoms with Gasteiger partial charge in [-0.2, -0.15) is 21.9 Å². The fourth-order valence-electron chi connectivity index (χ4n) is 9.41. The van der Waals surface area contributed by atoms with E-state index in [1.165, 1.54) is 65.2 Å². The molecule has 0 spiro atoms. The predicted molar refractivity (Wildman–Crippen MR) is 194 cm³/mol. The van der Waals surface area contributed by atoms with Crippen LogP contribution in [0, 0.1) is 16.7 Å². The van der Waals surface area contributed by atoms with Crippen LogP contribution in [0.3, 0.4) is 0 Å². The van der Waals surface area contributed by atoms with Gasteiger partial charge in [-0.05, 0) is 35.8 Å². The third kappa shape index (κ3) is 5.00. The Morgan fingerprint density at radius 1 is 0.578 bits per heavy atom. The Morgan fingerprint density at radius 2 is 1.02 bits per heavy atom. The van der Waals surface area contributed by atoms with Gasteiger partial charge in [-0.3, -0.25) is 0 Å². The van der Waals surface area contributed by atoms with Crippen molar-refractivity contribution in [3.63, 3.8) is 0 Å². The molecule has 45 heavy (non-hydrogen) atoms. The van der Waals surface area contributed by atoms with Gasteiger partial charge < -0.3 is 0 Å². The summed E-state index contributed by atoms with van der Waals surface area (Å²) in [6.07, 6.45) is 6.72. The van der Waals surface area contributed by atoms with E-state index in [0.717, 1.165) is 12.0 Å². The van der Waals surface area contributed by atoms with Crippen LogP contribution in [0.2, 0.25) is 0 Å². The number of nitrogens with zero attached hydrogens (tertiary/aromatic N) is 1. The highest BCUT2D eigenvalue weighted by Gasteiger charge is 2.65. The number of benzene rings is 5. The summed E-state index contributed by atoms with van der Waals surface area (Å²) >= 11 is 0. The Morgan fingerprint density at radius 3 is 1.44 bits per heavy atom. The van der Waals surface area contributed by atoms with Crippen LogP contribution < -0.4 is 21.9 Å². The fraction of sp³-hybridized carbons (Fsp3) is 0.279. The van der Waals surface area contributed by atoms with E-state index in [1.54, 1.807) is 0 Å². The van der Waals surface area contributed by atoms with Crippen molar-refractivity contribution in [1.29, 1.82) is 0 Å². The van der Waals surface area contributed by atoms with Crippen molar-refractivity contribution in [3.05, 3.63) is 157 Å². The molecular weight excluding hydrogens is 541 g/mol. The topological polar surface area (TPSA) is 3.01 Å². The van der Waals surface area contributed by atoms with Crippen molar-refractivity contribution in [2.45, 2.75) is 52.5 Å². The standard InChI is InChI=1S/C24H20B.C19H26N/c1-5-13-21(14-6-1)25(22-15-7-2-8-16-22,23-17-9-3-10-18-23)24-19-11-4-12-20-24;1-18(2)16-8-10-19(18,3)17(12-16)20-11-9-14-6-4-5-7-15(14)13-20/h1-20H;4-7,13,16-17H,8-12H2,1-3H3/q-1;+1/t;16-,17-,19+/m.1/s1. The van der Waals surface area contributed by atoms with E-state index in [2.05, 4.69) is 177 Å². The highest BCUT2D eigenvalue weighted by molar-refractivity contribution is 7.19. The third-order valence-electron chi connectivity index (χ3n) is 12.3. The maximum absolute atomic E-state index is 2.68. The summed E-state index contributed by atoms with van der Waals surface area (Å²) in [5.41, 5.74) is 9.34. The van der Waals surface area contributed by atoms with E-state index in [0.29, 0.717) is 10.8 Å². The molecular formula is C43H46BN. The molecule has 2 heteroatoms. The highest BCUT2D eigenvalue weighted by Crippen LogP contribution is 2.66. The van der Waals surface area contributed by atoms with Gasteiger partial charge in [0.2, 0.25) is 0 Å². The lowest BCUT2D eigenvalue weighted by atomic mass is 9.13. The summed E-state index contributed by atoms with van der Waals surface area (Å²) in [5, 5.41) is 0. The first kappa shape index (κ1) is 29.5. The van der Waals surface area contributed by atoms with Crippen LogP contribution >= 0.6 is 0 Å². The zero-order chi connectivity index (χ0) is 30.9. The molecule has 5 aromatic rings. The van der Waals surface area contributed by atoms with Gasteiger partial charge in [-0.15, -0.1) is 0 Å². The molecule has 8 rings (SSSR count). The molecule has 3 aliphatic rings. The highest BCUT2D eigenvalue weighted by atomic mass is 15.1. The molecule has 1 aliphatic heterocycles. The number of hydrogen-bond acceptors (Lipinski definition) is 0. The van der Waals surface area contributed by atoms with Crippen molar-refractivity contribution in [3.8, 4) is 0 Å². The molecule has 2 bridgehead atoms. The third-order valence-corrected chi connectivity index (χ3v) is 12.3. The van der Waals surface area contributed by atoms with Crippen LogP contribution in [0.5, 0.6) is 0 Å². The van der Waals surface area contributed by atoms with Gasteiger partial charge in [0.15, 0.2) is 12.3 Å². The van der Waals surface area contributed by atoms with E-state index < -0.39 is 6.15 Å². The molecule has 0 amide bonds. The van der Waals surface area contributed by atoms with Crippen LogP contribution in [0.1, 0.15) is 51.2 Å². The largest absolute Gasteiger partial charge is 0.232 e. The molecule has 3 atom stereocenters. The summed E-state index contributed by atoms with van der Waals surface area (Å²) in [6, 6.07) is 53.2. The second-order valence-electron chi connectivity index (χ2n) is 14.5. The maximum atomic E-state index is 2.68. The summed E-state index contributed by atoms with van der Waals surface area (Å²) < 4.78 is 2.68. The molecule has 2 aliphatic carbocycles.